The molecule has 0 radical (unpaired) electrons. The van der Waals surface area contributed by atoms with E-state index in [2.05, 4.69) is 61.6 Å². The zero-order chi connectivity index (χ0) is 21.2. The molecule has 0 aliphatic rings. The molecule has 1 aromatic rings. The number of ether oxygens (including phenoxy) is 1. The van der Waals surface area contributed by atoms with Crippen LogP contribution in [0.15, 0.2) is 0 Å². The lowest BCUT2D eigenvalue weighted by atomic mass is 10.2. The number of hydrogen-bond donors (Lipinski definition) is 0. The van der Waals surface area contributed by atoms with Crippen LogP contribution in [0, 0.1) is 3.57 Å². The molecule has 7 nitrogen and oxygen atoms in total. The van der Waals surface area contributed by atoms with Crippen molar-refractivity contribution in [2.75, 3.05) is 12.9 Å². The van der Waals surface area contributed by atoms with Gasteiger partial charge in [-0.1, -0.05) is 20.8 Å². The molecule has 0 spiro atoms. The molecule has 1 aromatic heterocycles. The fraction of sp³-hybridized carbons (Fsp3) is 0.824. The lowest BCUT2D eigenvalue weighted by Gasteiger charge is -2.37. The molecule has 0 amide bonds. The van der Waals surface area contributed by atoms with Crippen molar-refractivity contribution in [1.82, 2.24) is 9.78 Å². The third-order valence-electron chi connectivity index (χ3n) is 4.58. The van der Waals surface area contributed by atoms with Gasteiger partial charge in [0.05, 0.1) is 30.7 Å². The van der Waals surface area contributed by atoms with Crippen LogP contribution >= 0.6 is 22.6 Å². The number of aromatic nitrogens is 2. The maximum absolute atomic E-state index is 11.4. The molecule has 10 heteroatoms. The van der Waals surface area contributed by atoms with Crippen molar-refractivity contribution in [2.45, 2.75) is 78.4 Å². The molecular formula is C17H33IN2O5SSi. The van der Waals surface area contributed by atoms with Crippen LogP contribution in [0.3, 0.4) is 0 Å². The Kier molecular flexibility index (Phi) is 8.38. The van der Waals surface area contributed by atoms with E-state index in [4.69, 9.17) is 13.3 Å². The van der Waals surface area contributed by atoms with E-state index in [9.17, 15) is 8.42 Å². The first-order valence-corrected chi connectivity index (χ1v) is 14.8. The second-order valence-corrected chi connectivity index (χ2v) is 16.1. The number of hydrogen-bond acceptors (Lipinski definition) is 6. The zero-order valence-corrected chi connectivity index (χ0v) is 21.8. The summed E-state index contributed by atoms with van der Waals surface area (Å²) in [6.07, 6.45) is 1.00. The predicted octanol–water partition coefficient (Wildman–Crippen LogP) is 4.33. The van der Waals surface area contributed by atoms with Crippen molar-refractivity contribution in [3.8, 4) is 5.88 Å². The van der Waals surface area contributed by atoms with Crippen molar-refractivity contribution in [3.63, 3.8) is 0 Å². The SMILES string of the molecule is CC(C)Oc1nn([C@@H](C)CO[Si](C)(C)C(C)(C)C)c(COS(C)(=O)=O)c1I. The summed E-state index contributed by atoms with van der Waals surface area (Å²) in [5.41, 5.74) is 0.669. The van der Waals surface area contributed by atoms with Crippen LogP contribution in [0.2, 0.25) is 18.1 Å². The summed E-state index contributed by atoms with van der Waals surface area (Å²) in [6.45, 7) is 17.2. The predicted molar refractivity (Wildman–Crippen MR) is 118 cm³/mol. The molecule has 0 aliphatic carbocycles. The van der Waals surface area contributed by atoms with Gasteiger partial charge in [0, 0.05) is 0 Å². The minimum Gasteiger partial charge on any atom is -0.473 e. The van der Waals surface area contributed by atoms with E-state index in [1.807, 2.05) is 20.8 Å². The smallest absolute Gasteiger partial charge is 0.264 e. The standard InChI is InChI=1S/C17H33IN2O5SSi/c1-12(2)25-16-15(18)14(11-23-26(7,21)22)20(19-16)13(3)10-24-27(8,9)17(4,5)6/h12-13H,10-11H2,1-9H3/t13-/m0/s1. The fourth-order valence-electron chi connectivity index (χ4n) is 2.00. The fourth-order valence-corrected chi connectivity index (χ4v) is 4.05. The second kappa shape index (κ2) is 9.10. The first kappa shape index (κ1) is 24.9. The molecule has 0 saturated heterocycles. The van der Waals surface area contributed by atoms with Crippen molar-refractivity contribution < 1.29 is 21.8 Å². The first-order valence-electron chi connectivity index (χ1n) is 8.97. The number of halogens is 1. The minimum atomic E-state index is -3.56. The van der Waals surface area contributed by atoms with Crippen LogP contribution in [0.25, 0.3) is 0 Å². The molecule has 0 aliphatic heterocycles. The van der Waals surface area contributed by atoms with Gasteiger partial charge in [-0.15, -0.1) is 5.10 Å². The molecule has 27 heavy (non-hydrogen) atoms. The van der Waals surface area contributed by atoms with Crippen LogP contribution < -0.4 is 4.74 Å². The van der Waals surface area contributed by atoms with Gasteiger partial charge in [0.2, 0.25) is 5.88 Å². The highest BCUT2D eigenvalue weighted by atomic mass is 127. The van der Waals surface area contributed by atoms with E-state index in [1.165, 1.54) is 0 Å². The van der Waals surface area contributed by atoms with Gasteiger partial charge in [-0.05, 0) is 61.5 Å². The van der Waals surface area contributed by atoms with E-state index >= 15 is 0 Å². The van der Waals surface area contributed by atoms with E-state index in [0.29, 0.717) is 18.2 Å². The number of rotatable bonds is 9. The normalized spacial score (nSPS) is 14.6. The number of nitrogens with zero attached hydrogens (tertiary/aromatic N) is 2. The Morgan fingerprint density at radius 2 is 1.78 bits per heavy atom. The van der Waals surface area contributed by atoms with Gasteiger partial charge in [-0.25, -0.2) is 0 Å². The van der Waals surface area contributed by atoms with E-state index in [-0.39, 0.29) is 23.8 Å². The Labute approximate surface area is 178 Å². The third kappa shape index (κ3) is 7.30. The summed E-state index contributed by atoms with van der Waals surface area (Å²) < 4.78 is 42.5. The molecule has 0 aromatic carbocycles. The highest BCUT2D eigenvalue weighted by Crippen LogP contribution is 2.37. The van der Waals surface area contributed by atoms with Gasteiger partial charge in [0.15, 0.2) is 8.32 Å². The highest BCUT2D eigenvalue weighted by molar-refractivity contribution is 14.1. The summed E-state index contributed by atoms with van der Waals surface area (Å²) in [5.74, 6) is 0.483. The Bertz CT molecular complexity index is 741. The van der Waals surface area contributed by atoms with Crippen LogP contribution in [0.1, 0.15) is 53.3 Å². The maximum atomic E-state index is 11.4. The van der Waals surface area contributed by atoms with Crippen LogP contribution in [-0.2, 0) is 25.3 Å². The first-order chi connectivity index (χ1) is 12.0. The molecule has 0 unspecified atom stereocenters. The van der Waals surface area contributed by atoms with Gasteiger partial charge in [0.1, 0.15) is 10.2 Å². The van der Waals surface area contributed by atoms with E-state index in [0.717, 1.165) is 9.83 Å². The average molecular weight is 533 g/mol. The largest absolute Gasteiger partial charge is 0.473 e. The van der Waals surface area contributed by atoms with E-state index in [1.54, 1.807) is 4.68 Å². The topological polar surface area (TPSA) is 79.7 Å². The summed E-state index contributed by atoms with van der Waals surface area (Å²) in [5, 5.41) is 4.67. The third-order valence-corrected chi connectivity index (χ3v) is 10.7. The molecule has 1 heterocycles. The lowest BCUT2D eigenvalue weighted by Crippen LogP contribution is -2.42. The Hall–Kier alpha value is -0.173. The van der Waals surface area contributed by atoms with Crippen molar-refractivity contribution in [1.29, 1.82) is 0 Å². The quantitative estimate of drug-likeness (QED) is 0.268. The van der Waals surface area contributed by atoms with Gasteiger partial charge in [-0.2, -0.15) is 8.42 Å². The van der Waals surface area contributed by atoms with Gasteiger partial charge in [-0.3, -0.25) is 8.86 Å². The molecular weight excluding hydrogens is 499 g/mol. The lowest BCUT2D eigenvalue weighted by molar-refractivity contribution is 0.208. The maximum Gasteiger partial charge on any atom is 0.264 e. The molecule has 1 atom stereocenters. The second-order valence-electron chi connectivity index (χ2n) is 8.56. The average Bonchev–Trinajstić information content (AvgIpc) is 2.77. The van der Waals surface area contributed by atoms with Gasteiger partial charge in [0.25, 0.3) is 10.1 Å². The van der Waals surface area contributed by atoms with Gasteiger partial charge >= 0.3 is 0 Å². The molecule has 0 fully saturated rings. The molecule has 0 saturated carbocycles. The Balaban J connectivity index is 3.11. The van der Waals surface area contributed by atoms with Crippen molar-refractivity contribution >= 4 is 41.0 Å². The van der Waals surface area contributed by atoms with Crippen LogP contribution in [-0.4, -0.2) is 45.5 Å². The van der Waals surface area contributed by atoms with Crippen LogP contribution in [0.5, 0.6) is 5.88 Å². The highest BCUT2D eigenvalue weighted by Gasteiger charge is 2.37. The van der Waals surface area contributed by atoms with Crippen molar-refractivity contribution in [2.24, 2.45) is 0 Å². The zero-order valence-electron chi connectivity index (χ0n) is 17.8. The summed E-state index contributed by atoms with van der Waals surface area (Å²) >= 11 is 2.12. The minimum absolute atomic E-state index is 0.0377. The molecule has 0 bridgehead atoms. The van der Waals surface area contributed by atoms with Crippen LogP contribution in [0.4, 0.5) is 0 Å². The summed E-state index contributed by atoms with van der Waals surface area (Å²) in [6, 6.07) is -0.0877. The molecule has 1 rings (SSSR count). The summed E-state index contributed by atoms with van der Waals surface area (Å²) in [7, 11) is -5.46. The van der Waals surface area contributed by atoms with Crippen molar-refractivity contribution in [3.05, 3.63) is 9.26 Å². The summed E-state index contributed by atoms with van der Waals surface area (Å²) in [4.78, 5) is 0. The molecule has 0 N–H and O–H groups in total. The van der Waals surface area contributed by atoms with Gasteiger partial charge < -0.3 is 9.16 Å². The Morgan fingerprint density at radius 1 is 1.22 bits per heavy atom. The molecule has 158 valence electrons. The Morgan fingerprint density at radius 3 is 2.22 bits per heavy atom. The van der Waals surface area contributed by atoms with E-state index < -0.39 is 18.4 Å². The monoisotopic (exact) mass is 532 g/mol.